The second-order valence-corrected chi connectivity index (χ2v) is 2.49. The highest BCUT2D eigenvalue weighted by Gasteiger charge is 2.10. The predicted molar refractivity (Wildman–Crippen MR) is 46.5 cm³/mol. The molecule has 0 aromatic heterocycles. The Hall–Kier alpha value is -2.00. The summed E-state index contributed by atoms with van der Waals surface area (Å²) < 4.78 is 0. The summed E-state index contributed by atoms with van der Waals surface area (Å²) in [7, 11) is 0. The van der Waals surface area contributed by atoms with Gasteiger partial charge in [0.25, 0.3) is 11.4 Å². The Bertz CT molecular complexity index is 394. The molecule has 0 bridgehead atoms. The quantitative estimate of drug-likeness (QED) is 0.226. The van der Waals surface area contributed by atoms with Crippen LogP contribution in [-0.2, 0) is 0 Å². The van der Waals surface area contributed by atoms with Crippen LogP contribution < -0.4 is 0 Å². The zero-order valence-corrected chi connectivity index (χ0v) is 6.97. The van der Waals surface area contributed by atoms with E-state index in [0.29, 0.717) is 11.3 Å². The molecule has 0 atom stereocenters. The van der Waals surface area contributed by atoms with Gasteiger partial charge in [-0.25, -0.2) is 0 Å². The third kappa shape index (κ3) is 1.98. The van der Waals surface area contributed by atoms with Crippen LogP contribution in [-0.4, -0.2) is 15.4 Å². The molecule has 0 N–H and O–H groups in total. The molecule has 1 aromatic rings. The number of benzene rings is 1. The van der Waals surface area contributed by atoms with Crippen LogP contribution in [0.3, 0.4) is 0 Å². The number of non-ortho nitro benzene ring substituents is 1. The molecule has 0 fully saturated rings. The fourth-order valence-electron chi connectivity index (χ4n) is 0.902. The van der Waals surface area contributed by atoms with Crippen LogP contribution in [0.25, 0.3) is 5.53 Å². The van der Waals surface area contributed by atoms with Gasteiger partial charge in [-0.2, -0.15) is 4.79 Å². The minimum absolute atomic E-state index is 0.0134. The van der Waals surface area contributed by atoms with Crippen molar-refractivity contribution >= 4 is 11.4 Å². The van der Waals surface area contributed by atoms with E-state index in [-0.39, 0.29) is 5.69 Å². The number of nitro groups is 1. The Labute approximate surface area is 74.4 Å². The van der Waals surface area contributed by atoms with Crippen LogP contribution in [0.15, 0.2) is 24.3 Å². The zero-order chi connectivity index (χ0) is 9.84. The molecule has 0 spiro atoms. The second-order valence-electron chi connectivity index (χ2n) is 2.49. The van der Waals surface area contributed by atoms with Gasteiger partial charge in [-0.15, -0.1) is 0 Å². The van der Waals surface area contributed by atoms with E-state index in [0.717, 1.165) is 0 Å². The van der Waals surface area contributed by atoms with Gasteiger partial charge in [0, 0.05) is 19.1 Å². The number of hydrogen-bond acceptors (Lipinski definition) is 2. The van der Waals surface area contributed by atoms with E-state index in [1.165, 1.54) is 12.1 Å². The zero-order valence-electron chi connectivity index (χ0n) is 6.97. The van der Waals surface area contributed by atoms with Gasteiger partial charge in [0.05, 0.1) is 10.5 Å². The molecule has 0 saturated carbocycles. The number of nitro benzene ring substituents is 1. The Balaban J connectivity index is 3.20. The molecule has 0 saturated heterocycles. The lowest BCUT2D eigenvalue weighted by molar-refractivity contribution is -0.384. The van der Waals surface area contributed by atoms with Crippen molar-refractivity contribution in [3.8, 4) is 0 Å². The molecule has 0 aliphatic carbocycles. The second kappa shape index (κ2) is 3.60. The molecule has 0 aliphatic heterocycles. The Morgan fingerprint density at radius 1 is 1.62 bits per heavy atom. The van der Waals surface area contributed by atoms with E-state index in [9.17, 15) is 10.1 Å². The highest BCUT2D eigenvalue weighted by molar-refractivity contribution is 5.94. The molecule has 0 unspecified atom stereocenters. The first kappa shape index (κ1) is 9.09. The molecule has 0 heterocycles. The number of hydrogen-bond donors (Lipinski definition) is 0. The SMILES string of the molecule is CC(=[N+]=[N-])c1cccc([N+](=O)[O-])c1. The first-order chi connectivity index (χ1) is 6.15. The lowest BCUT2D eigenvalue weighted by Gasteiger charge is -1.92. The van der Waals surface area contributed by atoms with Crippen molar-refractivity contribution in [1.29, 1.82) is 0 Å². The standard InChI is InChI=1S/C8H7N3O2/c1-6(10-9)7-3-2-4-8(5-7)11(12)13/h2-5H,1H3. The smallest absolute Gasteiger partial charge is 0.296 e. The predicted octanol–water partition coefficient (Wildman–Crippen LogP) is 1.63. The molecule has 1 aromatic carbocycles. The van der Waals surface area contributed by atoms with Gasteiger partial charge < -0.3 is 5.53 Å². The molecule has 0 amide bonds. The van der Waals surface area contributed by atoms with Gasteiger partial charge in [0.2, 0.25) is 0 Å². The molecule has 13 heavy (non-hydrogen) atoms. The van der Waals surface area contributed by atoms with Gasteiger partial charge in [-0.1, -0.05) is 6.07 Å². The lowest BCUT2D eigenvalue weighted by Crippen LogP contribution is -1.96. The Morgan fingerprint density at radius 2 is 2.31 bits per heavy atom. The van der Waals surface area contributed by atoms with E-state index in [1.54, 1.807) is 19.1 Å². The molecule has 66 valence electrons. The monoisotopic (exact) mass is 177 g/mol. The molecule has 5 nitrogen and oxygen atoms in total. The minimum atomic E-state index is -0.492. The first-order valence-electron chi connectivity index (χ1n) is 3.58. The molecular weight excluding hydrogens is 170 g/mol. The normalized spacial score (nSPS) is 9.00. The maximum Gasteiger partial charge on any atom is 0.296 e. The van der Waals surface area contributed by atoms with E-state index in [1.807, 2.05) is 0 Å². The summed E-state index contributed by atoms with van der Waals surface area (Å²) in [6.45, 7) is 1.57. The summed E-state index contributed by atoms with van der Waals surface area (Å²) in [4.78, 5) is 12.8. The Morgan fingerprint density at radius 3 is 2.85 bits per heavy atom. The molecular formula is C8H7N3O2. The maximum absolute atomic E-state index is 10.4. The number of rotatable bonds is 2. The largest absolute Gasteiger partial charge is 0.361 e. The molecule has 5 heteroatoms. The third-order valence-corrected chi connectivity index (χ3v) is 1.62. The third-order valence-electron chi connectivity index (χ3n) is 1.62. The van der Waals surface area contributed by atoms with Gasteiger partial charge in [-0.3, -0.25) is 10.1 Å². The average molecular weight is 177 g/mol. The maximum atomic E-state index is 10.4. The van der Waals surface area contributed by atoms with Crippen LogP contribution in [0, 0.1) is 10.1 Å². The lowest BCUT2D eigenvalue weighted by atomic mass is 10.1. The fraction of sp³-hybridized carbons (Fsp3) is 0.125. The van der Waals surface area contributed by atoms with Crippen molar-refractivity contribution < 1.29 is 9.71 Å². The van der Waals surface area contributed by atoms with E-state index in [2.05, 4.69) is 4.79 Å². The van der Waals surface area contributed by atoms with Crippen molar-refractivity contribution in [2.45, 2.75) is 6.92 Å². The average Bonchev–Trinajstić information content (AvgIpc) is 2.17. The summed E-state index contributed by atoms with van der Waals surface area (Å²) in [6.07, 6.45) is 0. The Kier molecular flexibility index (Phi) is 2.52. The van der Waals surface area contributed by atoms with Crippen molar-refractivity contribution in [3.63, 3.8) is 0 Å². The number of nitrogens with zero attached hydrogens (tertiary/aromatic N) is 3. The molecule has 0 radical (unpaired) electrons. The summed E-state index contributed by atoms with van der Waals surface area (Å²) in [5, 5.41) is 10.4. The fourth-order valence-corrected chi connectivity index (χ4v) is 0.902. The van der Waals surface area contributed by atoms with Crippen LogP contribution >= 0.6 is 0 Å². The molecule has 1 rings (SSSR count). The minimum Gasteiger partial charge on any atom is -0.361 e. The van der Waals surface area contributed by atoms with Crippen molar-refractivity contribution in [2.24, 2.45) is 0 Å². The van der Waals surface area contributed by atoms with Crippen molar-refractivity contribution in [3.05, 3.63) is 45.5 Å². The van der Waals surface area contributed by atoms with Crippen LogP contribution in [0.2, 0.25) is 0 Å². The van der Waals surface area contributed by atoms with Crippen molar-refractivity contribution in [1.82, 2.24) is 0 Å². The van der Waals surface area contributed by atoms with E-state index in [4.69, 9.17) is 5.53 Å². The summed E-state index contributed by atoms with van der Waals surface area (Å²) in [5.74, 6) is 0. The van der Waals surface area contributed by atoms with Crippen LogP contribution in [0.1, 0.15) is 12.5 Å². The van der Waals surface area contributed by atoms with E-state index >= 15 is 0 Å². The summed E-state index contributed by atoms with van der Waals surface area (Å²) >= 11 is 0. The topological polar surface area (TPSA) is 79.5 Å². The summed E-state index contributed by atoms with van der Waals surface area (Å²) in [5.41, 5.74) is 9.31. The van der Waals surface area contributed by atoms with Crippen LogP contribution in [0.4, 0.5) is 5.69 Å². The first-order valence-corrected chi connectivity index (χ1v) is 3.58. The van der Waals surface area contributed by atoms with E-state index < -0.39 is 4.92 Å². The van der Waals surface area contributed by atoms with Gasteiger partial charge >= 0.3 is 0 Å². The van der Waals surface area contributed by atoms with Gasteiger partial charge in [0.1, 0.15) is 0 Å². The highest BCUT2D eigenvalue weighted by atomic mass is 16.6. The van der Waals surface area contributed by atoms with Gasteiger partial charge in [0.15, 0.2) is 0 Å². The van der Waals surface area contributed by atoms with Crippen molar-refractivity contribution in [2.75, 3.05) is 0 Å². The highest BCUT2D eigenvalue weighted by Crippen LogP contribution is 2.12. The summed E-state index contributed by atoms with van der Waals surface area (Å²) in [6, 6.07) is 5.92. The van der Waals surface area contributed by atoms with Gasteiger partial charge in [-0.05, 0) is 6.07 Å². The van der Waals surface area contributed by atoms with Crippen LogP contribution in [0.5, 0.6) is 0 Å². The molecule has 0 aliphatic rings.